The summed E-state index contributed by atoms with van der Waals surface area (Å²) in [5.74, 6) is -0.944. The van der Waals surface area contributed by atoms with Crippen molar-refractivity contribution in [3.63, 3.8) is 0 Å². The number of carbonyl (C=O) groups excluding carboxylic acids is 1. The molecule has 1 aromatic heterocycles. The fourth-order valence-electron chi connectivity index (χ4n) is 2.43. The molecular weight excluding hydrogens is 268 g/mol. The van der Waals surface area contributed by atoms with E-state index in [2.05, 4.69) is 11.4 Å². The first-order chi connectivity index (χ1) is 9.97. The van der Waals surface area contributed by atoms with E-state index < -0.39 is 5.97 Å². The number of amides is 1. The van der Waals surface area contributed by atoms with Gasteiger partial charge in [-0.3, -0.25) is 9.59 Å². The van der Waals surface area contributed by atoms with Crippen molar-refractivity contribution >= 4 is 22.8 Å². The summed E-state index contributed by atoms with van der Waals surface area (Å²) in [6.45, 7) is 4.04. The number of rotatable bonds is 6. The van der Waals surface area contributed by atoms with Crippen LogP contribution >= 0.6 is 0 Å². The van der Waals surface area contributed by atoms with Crippen LogP contribution in [0, 0.1) is 6.92 Å². The lowest BCUT2D eigenvalue weighted by Gasteiger charge is -2.14. The Morgan fingerprint density at radius 1 is 1.33 bits per heavy atom. The monoisotopic (exact) mass is 288 g/mol. The normalized spacial score (nSPS) is 12.3. The average Bonchev–Trinajstić information content (AvgIpc) is 2.73. The third-order valence-corrected chi connectivity index (χ3v) is 3.52. The first-order valence-electron chi connectivity index (χ1n) is 7.03. The third kappa shape index (κ3) is 3.84. The summed E-state index contributed by atoms with van der Waals surface area (Å²) in [5, 5.41) is 12.6. The van der Waals surface area contributed by atoms with Crippen LogP contribution < -0.4 is 5.32 Å². The van der Waals surface area contributed by atoms with E-state index in [1.807, 2.05) is 42.7 Å². The van der Waals surface area contributed by atoms with Gasteiger partial charge in [-0.2, -0.15) is 0 Å². The first kappa shape index (κ1) is 15.1. The van der Waals surface area contributed by atoms with E-state index in [0.717, 1.165) is 16.6 Å². The molecule has 1 amide bonds. The summed E-state index contributed by atoms with van der Waals surface area (Å²) in [5.41, 5.74) is 2.06. The van der Waals surface area contributed by atoms with E-state index >= 15 is 0 Å². The molecule has 0 spiro atoms. The van der Waals surface area contributed by atoms with Gasteiger partial charge in [0.1, 0.15) is 6.54 Å². The van der Waals surface area contributed by atoms with Crippen molar-refractivity contribution in [2.45, 2.75) is 39.3 Å². The molecule has 0 aliphatic carbocycles. The van der Waals surface area contributed by atoms with Gasteiger partial charge in [0, 0.05) is 23.7 Å². The minimum Gasteiger partial charge on any atom is -0.481 e. The Bertz CT molecular complexity index is 661. The molecular formula is C16H20N2O3. The second kappa shape index (κ2) is 6.43. The van der Waals surface area contributed by atoms with Gasteiger partial charge in [0.2, 0.25) is 5.91 Å². The molecule has 21 heavy (non-hydrogen) atoms. The van der Waals surface area contributed by atoms with Crippen molar-refractivity contribution in [3.05, 3.63) is 36.0 Å². The molecule has 5 nitrogen and oxygen atoms in total. The van der Waals surface area contributed by atoms with Gasteiger partial charge in [0.05, 0.1) is 0 Å². The van der Waals surface area contributed by atoms with E-state index in [4.69, 9.17) is 5.11 Å². The summed E-state index contributed by atoms with van der Waals surface area (Å²) in [6.07, 6.45) is 0.499. The first-order valence-corrected chi connectivity index (χ1v) is 7.03. The highest BCUT2D eigenvalue weighted by Crippen LogP contribution is 2.18. The number of aliphatic carboxylic acids is 1. The third-order valence-electron chi connectivity index (χ3n) is 3.52. The maximum atomic E-state index is 12.1. The van der Waals surface area contributed by atoms with Crippen LogP contribution in [0.25, 0.3) is 10.9 Å². The van der Waals surface area contributed by atoms with Crippen molar-refractivity contribution < 1.29 is 14.7 Å². The standard InChI is InChI=1S/C16H20N2O3/c1-11(7-8-16(20)21)17-15(19)10-18-12(2)9-13-5-3-4-6-14(13)18/h3-6,9,11H,7-8,10H2,1-2H3,(H,17,19)(H,20,21). The van der Waals surface area contributed by atoms with Crippen LogP contribution in [0.1, 0.15) is 25.5 Å². The molecule has 0 saturated carbocycles. The molecule has 0 saturated heterocycles. The SMILES string of the molecule is Cc1cc2ccccc2n1CC(=O)NC(C)CCC(=O)O. The Morgan fingerprint density at radius 3 is 2.76 bits per heavy atom. The maximum Gasteiger partial charge on any atom is 0.303 e. The number of aromatic nitrogens is 1. The van der Waals surface area contributed by atoms with Crippen LogP contribution in [0.3, 0.4) is 0 Å². The number of nitrogens with zero attached hydrogens (tertiary/aromatic N) is 1. The minimum atomic E-state index is -0.844. The van der Waals surface area contributed by atoms with E-state index in [1.165, 1.54) is 0 Å². The van der Waals surface area contributed by atoms with Crippen molar-refractivity contribution in [1.82, 2.24) is 9.88 Å². The van der Waals surface area contributed by atoms with Gasteiger partial charge < -0.3 is 15.0 Å². The van der Waals surface area contributed by atoms with E-state index in [-0.39, 0.29) is 24.9 Å². The van der Waals surface area contributed by atoms with E-state index in [1.54, 1.807) is 0 Å². The number of aryl methyl sites for hydroxylation is 1. The number of fused-ring (bicyclic) bond motifs is 1. The molecule has 112 valence electrons. The lowest BCUT2D eigenvalue weighted by molar-refractivity contribution is -0.137. The number of hydrogen-bond acceptors (Lipinski definition) is 2. The number of carboxylic acids is 1. The predicted octanol–water partition coefficient (Wildman–Crippen LogP) is 2.32. The molecule has 1 unspecified atom stereocenters. The highest BCUT2D eigenvalue weighted by atomic mass is 16.4. The van der Waals surface area contributed by atoms with Gasteiger partial charge in [-0.25, -0.2) is 0 Å². The maximum absolute atomic E-state index is 12.1. The fourth-order valence-corrected chi connectivity index (χ4v) is 2.43. The Balaban J connectivity index is 2.01. The predicted molar refractivity (Wildman–Crippen MR) is 81.1 cm³/mol. The molecule has 0 bridgehead atoms. The number of carboxylic acid groups (broad SMARTS) is 1. The number of nitrogens with one attached hydrogen (secondary N) is 1. The highest BCUT2D eigenvalue weighted by Gasteiger charge is 2.12. The second-order valence-corrected chi connectivity index (χ2v) is 5.33. The smallest absolute Gasteiger partial charge is 0.303 e. The van der Waals surface area contributed by atoms with Crippen LogP contribution in [0.15, 0.2) is 30.3 Å². The van der Waals surface area contributed by atoms with Gasteiger partial charge in [-0.1, -0.05) is 18.2 Å². The Hall–Kier alpha value is -2.30. The van der Waals surface area contributed by atoms with Crippen LogP contribution in [0.2, 0.25) is 0 Å². The Labute approximate surface area is 123 Å². The quantitative estimate of drug-likeness (QED) is 0.857. The van der Waals surface area contributed by atoms with Crippen molar-refractivity contribution in [1.29, 1.82) is 0 Å². The topological polar surface area (TPSA) is 71.3 Å². The molecule has 5 heteroatoms. The lowest BCUT2D eigenvalue weighted by Crippen LogP contribution is -2.35. The molecule has 0 radical (unpaired) electrons. The van der Waals surface area contributed by atoms with Crippen molar-refractivity contribution in [3.8, 4) is 0 Å². The minimum absolute atomic E-state index is 0.0624. The molecule has 1 atom stereocenters. The Morgan fingerprint density at radius 2 is 2.05 bits per heavy atom. The van der Waals surface area contributed by atoms with Gasteiger partial charge in [0.25, 0.3) is 0 Å². The zero-order valence-electron chi connectivity index (χ0n) is 12.3. The second-order valence-electron chi connectivity index (χ2n) is 5.33. The summed E-state index contributed by atoms with van der Waals surface area (Å²) in [7, 11) is 0. The molecule has 2 rings (SSSR count). The molecule has 1 heterocycles. The lowest BCUT2D eigenvalue weighted by atomic mass is 10.2. The summed E-state index contributed by atoms with van der Waals surface area (Å²) < 4.78 is 1.97. The highest BCUT2D eigenvalue weighted by molar-refractivity contribution is 5.84. The molecule has 2 aromatic rings. The number of benzene rings is 1. The summed E-state index contributed by atoms with van der Waals surface area (Å²) in [4.78, 5) is 22.6. The van der Waals surface area contributed by atoms with Gasteiger partial charge >= 0.3 is 5.97 Å². The molecule has 0 aliphatic heterocycles. The zero-order valence-corrected chi connectivity index (χ0v) is 12.3. The Kier molecular flexibility index (Phi) is 4.62. The van der Waals surface area contributed by atoms with Gasteiger partial charge in [-0.05, 0) is 37.8 Å². The van der Waals surface area contributed by atoms with Gasteiger partial charge in [-0.15, -0.1) is 0 Å². The number of hydrogen-bond donors (Lipinski definition) is 2. The van der Waals surface area contributed by atoms with E-state index in [0.29, 0.717) is 6.42 Å². The number of para-hydroxylation sites is 1. The van der Waals surface area contributed by atoms with Crippen molar-refractivity contribution in [2.75, 3.05) is 0 Å². The van der Waals surface area contributed by atoms with Crippen LogP contribution in [-0.2, 0) is 16.1 Å². The van der Waals surface area contributed by atoms with Crippen molar-refractivity contribution in [2.24, 2.45) is 0 Å². The zero-order chi connectivity index (χ0) is 15.4. The van der Waals surface area contributed by atoms with Crippen LogP contribution in [0.5, 0.6) is 0 Å². The molecule has 1 aromatic carbocycles. The summed E-state index contributed by atoms with van der Waals surface area (Å²) >= 11 is 0. The molecule has 2 N–H and O–H groups in total. The largest absolute Gasteiger partial charge is 0.481 e. The average molecular weight is 288 g/mol. The van der Waals surface area contributed by atoms with Gasteiger partial charge in [0.15, 0.2) is 0 Å². The summed E-state index contributed by atoms with van der Waals surface area (Å²) in [6, 6.07) is 9.84. The van der Waals surface area contributed by atoms with Crippen LogP contribution in [0.4, 0.5) is 0 Å². The molecule has 0 fully saturated rings. The molecule has 0 aliphatic rings. The fraction of sp³-hybridized carbons (Fsp3) is 0.375. The number of carbonyl (C=O) groups is 2. The van der Waals surface area contributed by atoms with E-state index in [9.17, 15) is 9.59 Å². The van der Waals surface area contributed by atoms with Crippen LogP contribution in [-0.4, -0.2) is 27.6 Å².